The summed E-state index contributed by atoms with van der Waals surface area (Å²) in [6, 6.07) is 2.66. The Kier molecular flexibility index (Phi) is 3.08. The third-order valence-corrected chi connectivity index (χ3v) is 1.59. The molecule has 1 aromatic heterocycles. The molecule has 0 aliphatic rings. The van der Waals surface area contributed by atoms with Gasteiger partial charge >= 0.3 is 6.36 Å². The third-order valence-electron chi connectivity index (χ3n) is 1.59. The van der Waals surface area contributed by atoms with Crippen molar-refractivity contribution in [3.63, 3.8) is 0 Å². The highest BCUT2D eigenvalue weighted by molar-refractivity contribution is 5.67. The number of hydrogen-bond acceptors (Lipinski definition) is 5. The van der Waals surface area contributed by atoms with Crippen molar-refractivity contribution in [1.82, 2.24) is 4.98 Å². The van der Waals surface area contributed by atoms with E-state index in [1.165, 1.54) is 0 Å². The number of nitrogens with two attached hydrogens (primary N) is 2. The molecule has 0 amide bonds. The van der Waals surface area contributed by atoms with Crippen molar-refractivity contribution in [2.45, 2.75) is 12.8 Å². The summed E-state index contributed by atoms with van der Waals surface area (Å²) < 4.78 is 39.5. The first-order valence-electron chi connectivity index (χ1n) is 4.01. The Labute approximate surface area is 88.4 Å². The van der Waals surface area contributed by atoms with Crippen molar-refractivity contribution < 1.29 is 17.9 Å². The van der Waals surface area contributed by atoms with E-state index in [-0.39, 0.29) is 17.9 Å². The van der Waals surface area contributed by atoms with Crippen LogP contribution in [-0.4, -0.2) is 11.3 Å². The molecule has 4 N–H and O–H groups in total. The molecule has 0 aromatic carbocycles. The molecule has 8 heteroatoms. The minimum atomic E-state index is -4.87. The van der Waals surface area contributed by atoms with E-state index >= 15 is 0 Å². The zero-order valence-electron chi connectivity index (χ0n) is 7.88. The smallest absolute Gasteiger partial charge is 0.403 e. The number of rotatable bonds is 2. The second-order valence-corrected chi connectivity index (χ2v) is 2.79. The average Bonchev–Trinajstić information content (AvgIpc) is 2.11. The number of hydrogen-bond donors (Lipinski definition) is 2. The summed E-state index contributed by atoms with van der Waals surface area (Å²) in [6.07, 6.45) is -5.05. The maximum absolute atomic E-state index is 12.0. The summed E-state index contributed by atoms with van der Waals surface area (Å²) in [5, 5.41) is 8.38. The number of nitrogen functional groups attached to an aromatic ring is 2. The predicted octanol–water partition coefficient (Wildman–Crippen LogP) is 1.21. The first kappa shape index (κ1) is 11.9. The fourth-order valence-corrected chi connectivity index (χ4v) is 0.983. The van der Waals surface area contributed by atoms with Crippen molar-refractivity contribution in [2.24, 2.45) is 0 Å². The van der Waals surface area contributed by atoms with Crippen molar-refractivity contribution >= 4 is 11.5 Å². The number of nitriles is 1. The van der Waals surface area contributed by atoms with Crippen LogP contribution in [0.3, 0.4) is 0 Å². The molecule has 1 rings (SSSR count). The molecule has 0 atom stereocenters. The molecule has 1 aromatic rings. The van der Waals surface area contributed by atoms with Crippen LogP contribution in [0.2, 0.25) is 0 Å². The fraction of sp³-hybridized carbons (Fsp3) is 0.250. The lowest BCUT2D eigenvalue weighted by Gasteiger charge is -2.12. The molecule has 0 aliphatic carbocycles. The molecule has 0 bridgehead atoms. The minimum absolute atomic E-state index is 0.0634. The van der Waals surface area contributed by atoms with Gasteiger partial charge in [0.15, 0.2) is 11.6 Å². The lowest BCUT2D eigenvalue weighted by atomic mass is 10.2. The Balaban J connectivity index is 3.12. The Morgan fingerprint density at radius 2 is 2.06 bits per heavy atom. The molecule has 0 spiro atoms. The van der Waals surface area contributed by atoms with Crippen LogP contribution in [0.15, 0.2) is 6.07 Å². The molecule has 0 radical (unpaired) electrons. The highest BCUT2D eigenvalue weighted by atomic mass is 19.4. The van der Waals surface area contributed by atoms with E-state index in [4.69, 9.17) is 16.7 Å². The summed E-state index contributed by atoms with van der Waals surface area (Å²) >= 11 is 0. The molecule has 0 saturated heterocycles. The van der Waals surface area contributed by atoms with Gasteiger partial charge in [-0.25, -0.2) is 4.98 Å². The molecule has 0 aliphatic heterocycles. The zero-order valence-corrected chi connectivity index (χ0v) is 7.88. The SMILES string of the molecule is N#CCc1cc(OC(F)(F)F)c(N)c(N)n1. The van der Waals surface area contributed by atoms with Gasteiger partial charge in [0.2, 0.25) is 0 Å². The molecular formula is C8H7F3N4O. The molecule has 0 unspecified atom stereocenters. The number of nitrogens with zero attached hydrogens (tertiary/aromatic N) is 2. The lowest BCUT2D eigenvalue weighted by Crippen LogP contribution is -2.19. The minimum Gasteiger partial charge on any atom is -0.403 e. The van der Waals surface area contributed by atoms with Gasteiger partial charge in [-0.3, -0.25) is 0 Å². The van der Waals surface area contributed by atoms with E-state index in [1.807, 2.05) is 0 Å². The van der Waals surface area contributed by atoms with Gasteiger partial charge in [0, 0.05) is 6.07 Å². The van der Waals surface area contributed by atoms with Gasteiger partial charge in [-0.05, 0) is 0 Å². The first-order valence-corrected chi connectivity index (χ1v) is 4.01. The van der Waals surface area contributed by atoms with Gasteiger partial charge in [-0.15, -0.1) is 13.2 Å². The Hall–Kier alpha value is -2.17. The van der Waals surface area contributed by atoms with Crippen molar-refractivity contribution in [3.05, 3.63) is 11.8 Å². The second kappa shape index (κ2) is 4.14. The highest BCUT2D eigenvalue weighted by Crippen LogP contribution is 2.31. The third kappa shape index (κ3) is 2.91. The van der Waals surface area contributed by atoms with Gasteiger partial charge in [-0.2, -0.15) is 5.26 Å². The molecule has 1 heterocycles. The van der Waals surface area contributed by atoms with Crippen LogP contribution in [0, 0.1) is 11.3 Å². The largest absolute Gasteiger partial charge is 0.573 e. The predicted molar refractivity (Wildman–Crippen MR) is 49.1 cm³/mol. The number of aromatic nitrogens is 1. The lowest BCUT2D eigenvalue weighted by molar-refractivity contribution is -0.274. The molecule has 86 valence electrons. The van der Waals surface area contributed by atoms with E-state index in [0.29, 0.717) is 0 Å². The topological polar surface area (TPSA) is 97.9 Å². The van der Waals surface area contributed by atoms with E-state index in [2.05, 4.69) is 9.72 Å². The van der Waals surface area contributed by atoms with Crippen LogP contribution in [-0.2, 0) is 6.42 Å². The number of alkyl halides is 3. The number of ether oxygens (including phenoxy) is 1. The van der Waals surface area contributed by atoms with Gasteiger partial charge < -0.3 is 16.2 Å². The fourth-order valence-electron chi connectivity index (χ4n) is 0.983. The Morgan fingerprint density at radius 1 is 1.44 bits per heavy atom. The van der Waals surface area contributed by atoms with Gasteiger partial charge in [0.25, 0.3) is 0 Å². The normalized spacial score (nSPS) is 10.9. The maximum atomic E-state index is 12.0. The van der Waals surface area contributed by atoms with Gasteiger partial charge in [-0.1, -0.05) is 0 Å². The summed E-state index contributed by atoms with van der Waals surface area (Å²) in [7, 11) is 0. The maximum Gasteiger partial charge on any atom is 0.573 e. The van der Waals surface area contributed by atoms with Crippen LogP contribution in [0.5, 0.6) is 5.75 Å². The zero-order chi connectivity index (χ0) is 12.3. The molecule has 0 fully saturated rings. The van der Waals surface area contributed by atoms with Crippen molar-refractivity contribution in [2.75, 3.05) is 11.5 Å². The molecular weight excluding hydrogens is 225 g/mol. The summed E-state index contributed by atoms with van der Waals surface area (Å²) in [4.78, 5) is 3.64. The molecule has 16 heavy (non-hydrogen) atoms. The van der Waals surface area contributed by atoms with Crippen LogP contribution in [0.4, 0.5) is 24.7 Å². The van der Waals surface area contributed by atoms with Crippen LogP contribution in [0.1, 0.15) is 5.69 Å². The molecule has 0 saturated carbocycles. The van der Waals surface area contributed by atoms with E-state index in [1.54, 1.807) is 6.07 Å². The highest BCUT2D eigenvalue weighted by Gasteiger charge is 2.32. The van der Waals surface area contributed by atoms with E-state index < -0.39 is 17.8 Å². The first-order chi connectivity index (χ1) is 7.33. The molecule has 5 nitrogen and oxygen atoms in total. The van der Waals surface area contributed by atoms with Crippen molar-refractivity contribution in [3.8, 4) is 11.8 Å². The van der Waals surface area contributed by atoms with E-state index in [0.717, 1.165) is 6.07 Å². The Morgan fingerprint density at radius 3 is 2.56 bits per heavy atom. The van der Waals surface area contributed by atoms with Crippen LogP contribution < -0.4 is 16.2 Å². The summed E-state index contributed by atoms with van der Waals surface area (Å²) in [5.41, 5.74) is 10.2. The summed E-state index contributed by atoms with van der Waals surface area (Å²) in [5.74, 6) is -0.947. The van der Waals surface area contributed by atoms with Gasteiger partial charge in [0.05, 0.1) is 18.2 Å². The van der Waals surface area contributed by atoms with Gasteiger partial charge in [0.1, 0.15) is 5.69 Å². The second-order valence-electron chi connectivity index (χ2n) is 2.79. The van der Waals surface area contributed by atoms with Crippen LogP contribution in [0.25, 0.3) is 0 Å². The van der Waals surface area contributed by atoms with Crippen LogP contribution >= 0.6 is 0 Å². The monoisotopic (exact) mass is 232 g/mol. The number of halogens is 3. The Bertz CT molecular complexity index is 438. The summed E-state index contributed by atoms with van der Waals surface area (Å²) in [6.45, 7) is 0. The van der Waals surface area contributed by atoms with Crippen molar-refractivity contribution in [1.29, 1.82) is 5.26 Å². The number of pyridine rings is 1. The number of anilines is 2. The van der Waals surface area contributed by atoms with E-state index in [9.17, 15) is 13.2 Å². The average molecular weight is 232 g/mol. The quantitative estimate of drug-likeness (QED) is 0.798. The standard InChI is InChI=1S/C8H7F3N4O/c9-8(10,11)16-5-3-4(1-2-12)15-7(14)6(5)13/h3H,1,13H2,(H2,14,15).